The summed E-state index contributed by atoms with van der Waals surface area (Å²) in [6.07, 6.45) is 3.20. The molecule has 0 aromatic carbocycles. The van der Waals surface area contributed by atoms with Gasteiger partial charge in [-0.05, 0) is 6.07 Å². The number of rotatable bonds is 2. The molecule has 0 saturated carbocycles. The van der Waals surface area contributed by atoms with E-state index in [2.05, 4.69) is 20.2 Å². The standard InChI is InChI=1S/C5H7N3O/c1-9-7-4-5-2-3-6-8-5/h2-4H,1H3,(H,6,8)/b7-4+. The van der Waals surface area contributed by atoms with Crippen LogP contribution in [-0.2, 0) is 4.84 Å². The summed E-state index contributed by atoms with van der Waals surface area (Å²) in [5.74, 6) is 0. The monoisotopic (exact) mass is 125 g/mol. The summed E-state index contributed by atoms with van der Waals surface area (Å²) < 4.78 is 0. The highest BCUT2D eigenvalue weighted by Gasteiger charge is 1.83. The minimum Gasteiger partial charge on any atom is -0.399 e. The van der Waals surface area contributed by atoms with E-state index < -0.39 is 0 Å². The van der Waals surface area contributed by atoms with Crippen molar-refractivity contribution >= 4 is 6.21 Å². The molecule has 0 spiro atoms. The highest BCUT2D eigenvalue weighted by molar-refractivity contribution is 5.75. The second kappa shape index (κ2) is 2.86. The molecule has 0 bridgehead atoms. The third-order valence-corrected chi connectivity index (χ3v) is 0.819. The topological polar surface area (TPSA) is 50.3 Å². The van der Waals surface area contributed by atoms with E-state index in [1.54, 1.807) is 18.5 Å². The summed E-state index contributed by atoms with van der Waals surface area (Å²) in [4.78, 5) is 4.44. The van der Waals surface area contributed by atoms with E-state index in [1.165, 1.54) is 7.11 Å². The first-order valence-electron chi connectivity index (χ1n) is 2.49. The molecular weight excluding hydrogens is 118 g/mol. The molecule has 0 radical (unpaired) electrons. The highest BCUT2D eigenvalue weighted by atomic mass is 16.6. The van der Waals surface area contributed by atoms with Crippen LogP contribution in [0.5, 0.6) is 0 Å². The fraction of sp³-hybridized carbons (Fsp3) is 0.200. The molecule has 9 heavy (non-hydrogen) atoms. The van der Waals surface area contributed by atoms with Crippen molar-refractivity contribution in [1.29, 1.82) is 0 Å². The van der Waals surface area contributed by atoms with Crippen LogP contribution in [0.4, 0.5) is 0 Å². The van der Waals surface area contributed by atoms with Crippen LogP contribution in [0.3, 0.4) is 0 Å². The van der Waals surface area contributed by atoms with Gasteiger partial charge in [0.2, 0.25) is 0 Å². The van der Waals surface area contributed by atoms with E-state index in [-0.39, 0.29) is 0 Å². The van der Waals surface area contributed by atoms with Gasteiger partial charge in [0.15, 0.2) is 0 Å². The van der Waals surface area contributed by atoms with Gasteiger partial charge in [-0.15, -0.1) is 0 Å². The average molecular weight is 125 g/mol. The van der Waals surface area contributed by atoms with Crippen molar-refractivity contribution in [2.75, 3.05) is 7.11 Å². The molecule has 1 heterocycles. The Morgan fingerprint density at radius 1 is 1.89 bits per heavy atom. The quantitative estimate of drug-likeness (QED) is 0.459. The molecule has 0 amide bonds. The van der Waals surface area contributed by atoms with Gasteiger partial charge in [0.1, 0.15) is 7.11 Å². The molecule has 0 atom stereocenters. The Bertz CT molecular complexity index is 180. The van der Waals surface area contributed by atoms with Gasteiger partial charge in [-0.2, -0.15) is 5.10 Å². The van der Waals surface area contributed by atoms with Crippen LogP contribution >= 0.6 is 0 Å². The van der Waals surface area contributed by atoms with E-state index in [0.717, 1.165) is 5.69 Å². The van der Waals surface area contributed by atoms with E-state index in [1.807, 2.05) is 0 Å². The molecule has 1 aromatic heterocycles. The van der Waals surface area contributed by atoms with Gasteiger partial charge in [0.05, 0.1) is 11.9 Å². The maximum Gasteiger partial charge on any atom is 0.106 e. The first kappa shape index (κ1) is 5.81. The van der Waals surface area contributed by atoms with Gasteiger partial charge in [-0.3, -0.25) is 5.10 Å². The maximum atomic E-state index is 4.44. The summed E-state index contributed by atoms with van der Waals surface area (Å²) in [6, 6.07) is 1.79. The van der Waals surface area contributed by atoms with E-state index in [0.29, 0.717) is 0 Å². The van der Waals surface area contributed by atoms with Crippen molar-refractivity contribution in [2.24, 2.45) is 5.16 Å². The second-order valence-corrected chi connectivity index (χ2v) is 1.43. The van der Waals surface area contributed by atoms with Gasteiger partial charge in [0.25, 0.3) is 0 Å². The SMILES string of the molecule is CO/N=C/c1ccn[nH]1. The number of hydrogen-bond donors (Lipinski definition) is 1. The summed E-state index contributed by atoms with van der Waals surface area (Å²) in [6.45, 7) is 0. The third-order valence-electron chi connectivity index (χ3n) is 0.819. The molecule has 4 nitrogen and oxygen atoms in total. The first-order valence-corrected chi connectivity index (χ1v) is 2.49. The van der Waals surface area contributed by atoms with Crippen molar-refractivity contribution in [1.82, 2.24) is 10.2 Å². The van der Waals surface area contributed by atoms with Crippen LogP contribution in [0, 0.1) is 0 Å². The zero-order valence-corrected chi connectivity index (χ0v) is 5.03. The number of hydrogen-bond acceptors (Lipinski definition) is 3. The molecular formula is C5H7N3O. The molecule has 0 aliphatic carbocycles. The van der Waals surface area contributed by atoms with Gasteiger partial charge in [-0.1, -0.05) is 5.16 Å². The molecule has 0 unspecified atom stereocenters. The largest absolute Gasteiger partial charge is 0.399 e. The van der Waals surface area contributed by atoms with Crippen molar-refractivity contribution < 1.29 is 4.84 Å². The van der Waals surface area contributed by atoms with Gasteiger partial charge >= 0.3 is 0 Å². The number of aromatic nitrogens is 2. The lowest BCUT2D eigenvalue weighted by atomic mass is 10.5. The number of aromatic amines is 1. The molecule has 1 aromatic rings. The minimum absolute atomic E-state index is 0.830. The van der Waals surface area contributed by atoms with Crippen molar-refractivity contribution in [3.8, 4) is 0 Å². The smallest absolute Gasteiger partial charge is 0.106 e. The lowest BCUT2D eigenvalue weighted by molar-refractivity contribution is 0.215. The second-order valence-electron chi connectivity index (χ2n) is 1.43. The first-order chi connectivity index (χ1) is 4.43. The third kappa shape index (κ3) is 1.56. The Balaban J connectivity index is 2.57. The van der Waals surface area contributed by atoms with Crippen LogP contribution in [0.15, 0.2) is 17.4 Å². The number of nitrogens with zero attached hydrogens (tertiary/aromatic N) is 2. The lowest BCUT2D eigenvalue weighted by Crippen LogP contribution is -1.80. The molecule has 1 rings (SSSR count). The fourth-order valence-corrected chi connectivity index (χ4v) is 0.448. The molecule has 0 aliphatic heterocycles. The summed E-state index contributed by atoms with van der Waals surface area (Å²) in [7, 11) is 1.49. The van der Waals surface area contributed by atoms with E-state index in [4.69, 9.17) is 0 Å². The van der Waals surface area contributed by atoms with Gasteiger partial charge in [-0.25, -0.2) is 0 Å². The summed E-state index contributed by atoms with van der Waals surface area (Å²) >= 11 is 0. The van der Waals surface area contributed by atoms with Crippen LogP contribution in [-0.4, -0.2) is 23.5 Å². The zero-order chi connectivity index (χ0) is 6.53. The normalized spacial score (nSPS) is 10.3. The number of H-pyrrole nitrogens is 1. The average Bonchev–Trinajstić information content (AvgIpc) is 2.34. The Morgan fingerprint density at radius 2 is 2.78 bits per heavy atom. The molecule has 0 saturated heterocycles. The Hall–Kier alpha value is -1.32. The maximum absolute atomic E-state index is 4.44. The van der Waals surface area contributed by atoms with Crippen molar-refractivity contribution in [3.05, 3.63) is 18.0 Å². The Morgan fingerprint density at radius 3 is 3.33 bits per heavy atom. The van der Waals surface area contributed by atoms with Gasteiger partial charge < -0.3 is 4.84 Å². The Labute approximate surface area is 52.5 Å². The zero-order valence-electron chi connectivity index (χ0n) is 5.03. The van der Waals surface area contributed by atoms with Crippen molar-refractivity contribution in [3.63, 3.8) is 0 Å². The lowest BCUT2D eigenvalue weighted by Gasteiger charge is -1.81. The fourth-order valence-electron chi connectivity index (χ4n) is 0.448. The predicted molar refractivity (Wildman–Crippen MR) is 33.2 cm³/mol. The van der Waals surface area contributed by atoms with Crippen LogP contribution in [0.1, 0.15) is 5.69 Å². The predicted octanol–water partition coefficient (Wildman–Crippen LogP) is 0.390. The summed E-state index contributed by atoms with van der Waals surface area (Å²) in [5.41, 5.74) is 0.830. The summed E-state index contributed by atoms with van der Waals surface area (Å²) in [5, 5.41) is 9.91. The molecule has 0 fully saturated rings. The minimum atomic E-state index is 0.830. The van der Waals surface area contributed by atoms with Gasteiger partial charge in [0, 0.05) is 6.20 Å². The molecule has 48 valence electrons. The Kier molecular flexibility index (Phi) is 1.85. The van der Waals surface area contributed by atoms with Crippen molar-refractivity contribution in [2.45, 2.75) is 0 Å². The molecule has 4 heteroatoms. The highest BCUT2D eigenvalue weighted by Crippen LogP contribution is 1.84. The van der Waals surface area contributed by atoms with Crippen LogP contribution in [0.2, 0.25) is 0 Å². The van der Waals surface area contributed by atoms with E-state index in [9.17, 15) is 0 Å². The number of nitrogens with one attached hydrogen (secondary N) is 1. The number of oxime groups is 1. The van der Waals surface area contributed by atoms with Crippen LogP contribution in [0.25, 0.3) is 0 Å². The molecule has 0 aliphatic rings. The van der Waals surface area contributed by atoms with E-state index >= 15 is 0 Å². The molecule has 1 N–H and O–H groups in total. The van der Waals surface area contributed by atoms with Crippen LogP contribution < -0.4 is 0 Å².